The van der Waals surface area contributed by atoms with E-state index in [1.807, 2.05) is 6.07 Å². The van der Waals surface area contributed by atoms with Gasteiger partial charge in [0.15, 0.2) is 11.5 Å². The molecule has 30 heavy (non-hydrogen) atoms. The Kier molecular flexibility index (Phi) is 7.04. The molecule has 0 radical (unpaired) electrons. The Morgan fingerprint density at radius 3 is 2.17 bits per heavy atom. The van der Waals surface area contributed by atoms with E-state index in [0.29, 0.717) is 17.8 Å². The van der Waals surface area contributed by atoms with E-state index in [1.54, 1.807) is 14.2 Å². The Labute approximate surface area is 186 Å². The van der Waals surface area contributed by atoms with Crippen molar-refractivity contribution >= 4 is 17.2 Å². The zero-order chi connectivity index (χ0) is 21.9. The molecule has 1 atom stereocenters. The van der Waals surface area contributed by atoms with Gasteiger partial charge in [0.25, 0.3) is 0 Å². The number of benzene rings is 2. The van der Waals surface area contributed by atoms with Crippen LogP contribution in [0.5, 0.6) is 11.5 Å². The Morgan fingerprint density at radius 2 is 1.60 bits per heavy atom. The lowest BCUT2D eigenvalue weighted by molar-refractivity contribution is 0.160. The predicted octanol–water partition coefficient (Wildman–Crippen LogP) is 4.78. The monoisotopic (exact) mass is 426 g/mol. The first-order valence-electron chi connectivity index (χ1n) is 10.7. The van der Waals surface area contributed by atoms with Gasteiger partial charge in [-0.25, -0.2) is 0 Å². The third-order valence-electron chi connectivity index (χ3n) is 6.28. The van der Waals surface area contributed by atoms with Gasteiger partial charge in [0.2, 0.25) is 0 Å². The van der Waals surface area contributed by atoms with E-state index in [-0.39, 0.29) is 5.41 Å². The minimum absolute atomic E-state index is 0.208. The molecule has 1 aliphatic heterocycles. The average Bonchev–Trinajstić information content (AvgIpc) is 2.74. The summed E-state index contributed by atoms with van der Waals surface area (Å²) in [5.74, 6) is 1.45. The fourth-order valence-electron chi connectivity index (χ4n) is 4.70. The third kappa shape index (κ3) is 4.19. The SMILES string of the molecule is COc1cc2c(cc1OC)C(CCN(C(C)C)C(C)C)(c1ccccc1)CNC2=S. The highest BCUT2D eigenvalue weighted by atomic mass is 32.1. The molecule has 0 aliphatic carbocycles. The third-order valence-corrected chi connectivity index (χ3v) is 6.65. The van der Waals surface area contributed by atoms with Gasteiger partial charge in [-0.1, -0.05) is 42.5 Å². The van der Waals surface area contributed by atoms with Crippen LogP contribution in [-0.4, -0.2) is 49.3 Å². The van der Waals surface area contributed by atoms with Gasteiger partial charge in [0, 0.05) is 29.6 Å². The maximum absolute atomic E-state index is 5.70. The van der Waals surface area contributed by atoms with Crippen LogP contribution in [0.3, 0.4) is 0 Å². The summed E-state index contributed by atoms with van der Waals surface area (Å²) in [4.78, 5) is 3.32. The maximum Gasteiger partial charge on any atom is 0.161 e. The largest absolute Gasteiger partial charge is 0.493 e. The van der Waals surface area contributed by atoms with Gasteiger partial charge in [-0.05, 0) is 63.9 Å². The molecule has 0 saturated heterocycles. The fraction of sp³-hybridized carbons (Fsp3) is 0.480. The first kappa shape index (κ1) is 22.6. The summed E-state index contributed by atoms with van der Waals surface area (Å²) in [6, 6.07) is 15.9. The van der Waals surface area contributed by atoms with Crippen LogP contribution in [0, 0.1) is 0 Å². The second-order valence-electron chi connectivity index (χ2n) is 8.56. The van der Waals surface area contributed by atoms with Gasteiger partial charge in [-0.2, -0.15) is 0 Å². The number of hydrogen-bond acceptors (Lipinski definition) is 4. The Balaban J connectivity index is 2.17. The summed E-state index contributed by atoms with van der Waals surface area (Å²) in [5, 5.41) is 3.52. The molecule has 0 aromatic heterocycles. The van der Waals surface area contributed by atoms with Crippen molar-refractivity contribution in [2.75, 3.05) is 27.3 Å². The van der Waals surface area contributed by atoms with E-state index in [4.69, 9.17) is 21.7 Å². The summed E-state index contributed by atoms with van der Waals surface area (Å²) < 4.78 is 11.2. The van der Waals surface area contributed by atoms with Crippen LogP contribution in [0.25, 0.3) is 0 Å². The number of nitrogens with zero attached hydrogens (tertiary/aromatic N) is 1. The number of nitrogens with one attached hydrogen (secondary N) is 1. The lowest BCUT2D eigenvalue weighted by atomic mass is 9.68. The average molecular weight is 427 g/mol. The molecule has 1 unspecified atom stereocenters. The number of ether oxygens (including phenoxy) is 2. The molecule has 1 N–H and O–H groups in total. The summed E-state index contributed by atoms with van der Waals surface area (Å²) >= 11 is 5.70. The standard InChI is InChI=1S/C25H34N2O2S/c1-17(2)27(18(3)4)13-12-25(19-10-8-7-9-11-19)16-26-24(30)20-14-22(28-5)23(29-6)15-21(20)25/h7-11,14-15,17-18H,12-13,16H2,1-6H3,(H,26,30). The molecule has 2 aromatic rings. The van der Waals surface area contributed by atoms with Crippen molar-refractivity contribution in [3.8, 4) is 11.5 Å². The second kappa shape index (κ2) is 9.36. The molecule has 2 aromatic carbocycles. The Morgan fingerprint density at radius 1 is 1.00 bits per heavy atom. The number of thiocarbonyl (C=S) groups is 1. The van der Waals surface area contributed by atoms with E-state index in [9.17, 15) is 0 Å². The van der Waals surface area contributed by atoms with Crippen LogP contribution in [0.2, 0.25) is 0 Å². The molecule has 4 nitrogen and oxygen atoms in total. The van der Waals surface area contributed by atoms with Crippen molar-refractivity contribution < 1.29 is 9.47 Å². The minimum atomic E-state index is -0.208. The van der Waals surface area contributed by atoms with Crippen LogP contribution >= 0.6 is 12.2 Å². The molecule has 0 bridgehead atoms. The molecular weight excluding hydrogens is 392 g/mol. The fourth-order valence-corrected chi connectivity index (χ4v) is 4.94. The van der Waals surface area contributed by atoms with Gasteiger partial charge in [0.1, 0.15) is 4.99 Å². The predicted molar refractivity (Wildman–Crippen MR) is 128 cm³/mol. The van der Waals surface area contributed by atoms with Crippen LogP contribution < -0.4 is 14.8 Å². The van der Waals surface area contributed by atoms with E-state index in [2.05, 4.69) is 74.3 Å². The van der Waals surface area contributed by atoms with Crippen LogP contribution in [0.4, 0.5) is 0 Å². The second-order valence-corrected chi connectivity index (χ2v) is 8.97. The van der Waals surface area contributed by atoms with Crippen molar-refractivity contribution in [1.82, 2.24) is 10.2 Å². The molecule has 0 saturated carbocycles. The van der Waals surface area contributed by atoms with Crippen molar-refractivity contribution in [2.45, 2.75) is 51.6 Å². The lowest BCUT2D eigenvalue weighted by Crippen LogP contribution is -2.50. The summed E-state index contributed by atoms with van der Waals surface area (Å²) in [6.07, 6.45) is 0.978. The lowest BCUT2D eigenvalue weighted by Gasteiger charge is -2.43. The number of hydrogen-bond donors (Lipinski definition) is 1. The Hall–Kier alpha value is -2.11. The van der Waals surface area contributed by atoms with Crippen LogP contribution in [0.1, 0.15) is 50.8 Å². The zero-order valence-corrected chi connectivity index (χ0v) is 19.8. The molecule has 3 rings (SSSR count). The Bertz CT molecular complexity index is 874. The van der Waals surface area contributed by atoms with E-state index in [1.165, 1.54) is 11.1 Å². The molecule has 0 fully saturated rings. The van der Waals surface area contributed by atoms with Gasteiger partial charge in [-0.15, -0.1) is 0 Å². The highest BCUT2D eigenvalue weighted by molar-refractivity contribution is 7.80. The summed E-state index contributed by atoms with van der Waals surface area (Å²) in [7, 11) is 3.35. The quantitative estimate of drug-likeness (QED) is 0.615. The molecule has 162 valence electrons. The van der Waals surface area contributed by atoms with E-state index in [0.717, 1.165) is 35.8 Å². The first-order valence-corrected chi connectivity index (χ1v) is 11.1. The maximum atomic E-state index is 5.70. The smallest absolute Gasteiger partial charge is 0.161 e. The number of methoxy groups -OCH3 is 2. The molecule has 0 amide bonds. The zero-order valence-electron chi connectivity index (χ0n) is 19.0. The summed E-state index contributed by atoms with van der Waals surface area (Å²) in [5.41, 5.74) is 3.32. The van der Waals surface area contributed by atoms with Crippen LogP contribution in [-0.2, 0) is 5.41 Å². The molecule has 0 spiro atoms. The van der Waals surface area contributed by atoms with Crippen molar-refractivity contribution in [3.05, 3.63) is 59.2 Å². The highest BCUT2D eigenvalue weighted by Crippen LogP contribution is 2.44. The molecule has 1 heterocycles. The number of fused-ring (bicyclic) bond motifs is 1. The molecular formula is C25H34N2O2S. The highest BCUT2D eigenvalue weighted by Gasteiger charge is 2.41. The molecule has 5 heteroatoms. The van der Waals surface area contributed by atoms with Gasteiger partial charge in [0.05, 0.1) is 14.2 Å². The van der Waals surface area contributed by atoms with Crippen LogP contribution in [0.15, 0.2) is 42.5 Å². The van der Waals surface area contributed by atoms with Gasteiger partial charge in [-0.3, -0.25) is 4.90 Å². The topological polar surface area (TPSA) is 33.7 Å². The van der Waals surface area contributed by atoms with Gasteiger partial charge >= 0.3 is 0 Å². The van der Waals surface area contributed by atoms with E-state index >= 15 is 0 Å². The normalized spacial score (nSPS) is 18.5. The first-order chi connectivity index (χ1) is 14.3. The van der Waals surface area contributed by atoms with Gasteiger partial charge < -0.3 is 14.8 Å². The van der Waals surface area contributed by atoms with Crippen molar-refractivity contribution in [3.63, 3.8) is 0 Å². The summed E-state index contributed by atoms with van der Waals surface area (Å²) in [6.45, 7) is 10.8. The number of rotatable bonds is 8. The van der Waals surface area contributed by atoms with E-state index < -0.39 is 0 Å². The molecule has 1 aliphatic rings. The minimum Gasteiger partial charge on any atom is -0.493 e. The van der Waals surface area contributed by atoms with Crippen molar-refractivity contribution in [1.29, 1.82) is 0 Å². The van der Waals surface area contributed by atoms with Crippen molar-refractivity contribution in [2.24, 2.45) is 0 Å².